The van der Waals surface area contributed by atoms with E-state index in [1.807, 2.05) is 13.8 Å². The van der Waals surface area contributed by atoms with E-state index in [2.05, 4.69) is 5.32 Å². The van der Waals surface area contributed by atoms with Gasteiger partial charge >= 0.3 is 0 Å². The molecule has 1 unspecified atom stereocenters. The van der Waals surface area contributed by atoms with E-state index in [4.69, 9.17) is 9.47 Å². The van der Waals surface area contributed by atoms with Gasteiger partial charge in [0.05, 0.1) is 32.0 Å². The summed E-state index contributed by atoms with van der Waals surface area (Å²) in [6.45, 7) is 7.42. The van der Waals surface area contributed by atoms with Gasteiger partial charge < -0.3 is 14.8 Å². The van der Waals surface area contributed by atoms with Gasteiger partial charge in [0, 0.05) is 6.54 Å². The van der Waals surface area contributed by atoms with Crippen molar-refractivity contribution in [2.45, 2.75) is 26.0 Å². The predicted molar refractivity (Wildman–Crippen MR) is 43.7 cm³/mol. The molecule has 0 saturated carbocycles. The van der Waals surface area contributed by atoms with E-state index in [0.717, 1.165) is 26.4 Å². The normalized spacial score (nSPS) is 25.9. The Bertz CT molecular complexity index is 100. The molecule has 0 aliphatic carbocycles. The third-order valence-electron chi connectivity index (χ3n) is 1.63. The number of hydrogen-bond donors (Lipinski definition) is 1. The molecule has 1 aliphatic rings. The molecule has 1 N–H and O–H groups in total. The second-order valence-electron chi connectivity index (χ2n) is 3.11. The first-order valence-electron chi connectivity index (χ1n) is 4.22. The highest BCUT2D eigenvalue weighted by Crippen LogP contribution is 1.96. The van der Waals surface area contributed by atoms with E-state index in [1.165, 1.54) is 0 Å². The fraction of sp³-hybridized carbons (Fsp3) is 1.00. The Morgan fingerprint density at radius 3 is 3.00 bits per heavy atom. The maximum absolute atomic E-state index is 5.44. The van der Waals surface area contributed by atoms with Crippen molar-refractivity contribution in [1.82, 2.24) is 5.32 Å². The van der Waals surface area contributed by atoms with Gasteiger partial charge in [-0.2, -0.15) is 0 Å². The Morgan fingerprint density at radius 1 is 1.64 bits per heavy atom. The highest BCUT2D eigenvalue weighted by molar-refractivity contribution is 4.69. The maximum atomic E-state index is 5.44. The summed E-state index contributed by atoms with van der Waals surface area (Å²) in [6.07, 6.45) is 0.318. The van der Waals surface area contributed by atoms with Crippen molar-refractivity contribution in [3.8, 4) is 0 Å². The van der Waals surface area contributed by atoms with Gasteiger partial charge in [-0.25, -0.2) is 0 Å². The first-order chi connectivity index (χ1) is 5.29. The van der Waals surface area contributed by atoms with Crippen molar-refractivity contribution < 1.29 is 9.47 Å². The Balaban J connectivity index is 2.05. The van der Waals surface area contributed by atoms with Gasteiger partial charge in [-0.3, -0.25) is 0 Å². The van der Waals surface area contributed by atoms with Gasteiger partial charge in [-0.1, -0.05) is 0 Å². The van der Waals surface area contributed by atoms with E-state index < -0.39 is 0 Å². The quantitative estimate of drug-likeness (QED) is 0.646. The molecular formula is C8H17NO2. The third kappa shape index (κ3) is 3.70. The zero-order valence-corrected chi connectivity index (χ0v) is 7.30. The molecule has 0 bridgehead atoms. The molecule has 3 nitrogen and oxygen atoms in total. The van der Waals surface area contributed by atoms with Crippen LogP contribution in [0.4, 0.5) is 0 Å². The van der Waals surface area contributed by atoms with Crippen LogP contribution in [0.5, 0.6) is 0 Å². The van der Waals surface area contributed by atoms with Gasteiger partial charge in [-0.05, 0) is 13.8 Å². The zero-order valence-electron chi connectivity index (χ0n) is 7.30. The first kappa shape index (κ1) is 8.97. The molecule has 0 aromatic rings. The van der Waals surface area contributed by atoms with Crippen LogP contribution in [0.15, 0.2) is 0 Å². The molecule has 1 aliphatic heterocycles. The van der Waals surface area contributed by atoms with Crippen molar-refractivity contribution in [3.63, 3.8) is 0 Å². The van der Waals surface area contributed by atoms with Gasteiger partial charge in [-0.15, -0.1) is 0 Å². The van der Waals surface area contributed by atoms with Crippen LogP contribution in [0.1, 0.15) is 13.8 Å². The van der Waals surface area contributed by atoms with Crippen LogP contribution in [-0.2, 0) is 9.47 Å². The number of morpholine rings is 1. The van der Waals surface area contributed by atoms with Crippen molar-refractivity contribution in [2.24, 2.45) is 0 Å². The highest BCUT2D eigenvalue weighted by Gasteiger charge is 2.12. The van der Waals surface area contributed by atoms with Crippen LogP contribution in [0.25, 0.3) is 0 Å². The molecule has 0 radical (unpaired) electrons. The summed E-state index contributed by atoms with van der Waals surface area (Å²) in [7, 11) is 0. The summed E-state index contributed by atoms with van der Waals surface area (Å²) >= 11 is 0. The Kier molecular flexibility index (Phi) is 3.83. The van der Waals surface area contributed by atoms with E-state index >= 15 is 0 Å². The Morgan fingerprint density at radius 2 is 2.45 bits per heavy atom. The summed E-state index contributed by atoms with van der Waals surface area (Å²) in [6, 6.07) is 0.395. The minimum absolute atomic E-state index is 0.318. The van der Waals surface area contributed by atoms with E-state index in [0.29, 0.717) is 12.1 Å². The van der Waals surface area contributed by atoms with Crippen LogP contribution in [-0.4, -0.2) is 38.5 Å². The standard InChI is InChI=1S/C8H17NO2/c1-7(2)11-6-8-5-10-4-3-9-8/h7-9H,3-6H2,1-2H3. The zero-order chi connectivity index (χ0) is 8.10. The Hall–Kier alpha value is -0.120. The summed E-state index contributed by atoms with van der Waals surface area (Å²) in [5, 5.41) is 3.32. The second-order valence-corrected chi connectivity index (χ2v) is 3.11. The molecule has 1 saturated heterocycles. The minimum atomic E-state index is 0.318. The average Bonchev–Trinajstić information content (AvgIpc) is 2.03. The first-order valence-corrected chi connectivity index (χ1v) is 4.22. The summed E-state index contributed by atoms with van der Waals surface area (Å²) in [4.78, 5) is 0. The van der Waals surface area contributed by atoms with Crippen molar-refractivity contribution in [1.29, 1.82) is 0 Å². The summed E-state index contributed by atoms with van der Waals surface area (Å²) < 4.78 is 10.7. The average molecular weight is 159 g/mol. The van der Waals surface area contributed by atoms with Crippen LogP contribution in [0.3, 0.4) is 0 Å². The second kappa shape index (κ2) is 4.70. The predicted octanol–water partition coefficient (Wildman–Crippen LogP) is 0.400. The van der Waals surface area contributed by atoms with E-state index in [-0.39, 0.29) is 0 Å². The third-order valence-corrected chi connectivity index (χ3v) is 1.63. The number of nitrogens with one attached hydrogen (secondary N) is 1. The van der Waals surface area contributed by atoms with Crippen molar-refractivity contribution >= 4 is 0 Å². The van der Waals surface area contributed by atoms with Crippen molar-refractivity contribution in [2.75, 3.05) is 26.4 Å². The molecule has 66 valence electrons. The molecule has 1 atom stereocenters. The lowest BCUT2D eigenvalue weighted by Gasteiger charge is -2.24. The lowest BCUT2D eigenvalue weighted by Crippen LogP contribution is -2.44. The lowest BCUT2D eigenvalue weighted by atomic mass is 10.3. The molecule has 0 aromatic carbocycles. The SMILES string of the molecule is CC(C)OCC1COCCN1. The summed E-state index contributed by atoms with van der Waals surface area (Å²) in [5.74, 6) is 0. The molecule has 0 amide bonds. The molecule has 0 aromatic heterocycles. The van der Waals surface area contributed by atoms with Crippen LogP contribution >= 0.6 is 0 Å². The maximum Gasteiger partial charge on any atom is 0.0645 e. The van der Waals surface area contributed by atoms with Crippen LogP contribution in [0, 0.1) is 0 Å². The van der Waals surface area contributed by atoms with Gasteiger partial charge in [0.1, 0.15) is 0 Å². The molecular weight excluding hydrogens is 142 g/mol. The fourth-order valence-electron chi connectivity index (χ4n) is 1.04. The van der Waals surface area contributed by atoms with Gasteiger partial charge in [0.15, 0.2) is 0 Å². The monoisotopic (exact) mass is 159 g/mol. The van der Waals surface area contributed by atoms with Gasteiger partial charge in [0.25, 0.3) is 0 Å². The molecule has 1 rings (SSSR count). The number of rotatable bonds is 3. The van der Waals surface area contributed by atoms with E-state index in [1.54, 1.807) is 0 Å². The van der Waals surface area contributed by atoms with Crippen LogP contribution in [0.2, 0.25) is 0 Å². The highest BCUT2D eigenvalue weighted by atomic mass is 16.5. The molecule has 1 fully saturated rings. The topological polar surface area (TPSA) is 30.5 Å². The molecule has 11 heavy (non-hydrogen) atoms. The Labute approximate surface area is 68.1 Å². The molecule has 3 heteroatoms. The van der Waals surface area contributed by atoms with E-state index in [9.17, 15) is 0 Å². The van der Waals surface area contributed by atoms with Gasteiger partial charge in [0.2, 0.25) is 0 Å². The number of ether oxygens (including phenoxy) is 2. The largest absolute Gasteiger partial charge is 0.378 e. The smallest absolute Gasteiger partial charge is 0.0645 e. The van der Waals surface area contributed by atoms with Crippen LogP contribution < -0.4 is 5.32 Å². The fourth-order valence-corrected chi connectivity index (χ4v) is 1.04. The van der Waals surface area contributed by atoms with Crippen molar-refractivity contribution in [3.05, 3.63) is 0 Å². The number of hydrogen-bond acceptors (Lipinski definition) is 3. The minimum Gasteiger partial charge on any atom is -0.378 e. The molecule has 1 heterocycles. The summed E-state index contributed by atoms with van der Waals surface area (Å²) in [5.41, 5.74) is 0. The lowest BCUT2D eigenvalue weighted by molar-refractivity contribution is 0.00894. The molecule has 0 spiro atoms.